The highest BCUT2D eigenvalue weighted by atomic mass is 35.5. The molecule has 1 aromatic carbocycles. The smallest absolute Gasteiger partial charge is 0.302 e. The molecule has 0 spiro atoms. The average Bonchev–Trinajstić information content (AvgIpc) is 2.73. The molecule has 1 aromatic rings. The molecule has 0 bridgehead atoms. The third-order valence-electron chi connectivity index (χ3n) is 6.89. The summed E-state index contributed by atoms with van der Waals surface area (Å²) in [4.78, 5) is 35.3. The second-order valence-corrected chi connectivity index (χ2v) is 9.20. The van der Waals surface area contributed by atoms with E-state index >= 15 is 0 Å². The summed E-state index contributed by atoms with van der Waals surface area (Å²) in [5.41, 5.74) is 0.854. The molecule has 4 atom stereocenters. The predicted octanol–water partition coefficient (Wildman–Crippen LogP) is 5.10. The minimum Gasteiger partial charge on any atom is -0.507 e. The Hall–Kier alpha value is -2.60. The largest absolute Gasteiger partial charge is 0.507 e. The first-order valence-electron chi connectivity index (χ1n) is 10.6. The molecule has 0 saturated heterocycles. The molecule has 32 heavy (non-hydrogen) atoms. The summed E-state index contributed by atoms with van der Waals surface area (Å²) in [5, 5.41) is 20.8. The van der Waals surface area contributed by atoms with E-state index in [1.54, 1.807) is 13.0 Å². The topological polar surface area (TPSA) is 101 Å². The Balaban J connectivity index is 2.31. The van der Waals surface area contributed by atoms with Crippen LogP contribution in [0.15, 0.2) is 23.8 Å². The standard InChI is InChI=1S/C25H31ClO6/c1-13(7-8-18-23(30)19(12-27)14(2)22(26)24(18)31)9-10-25(6)15(3)20(29)11-21(16(25)4)32-17(5)28/h7,9-10,12,15-16,21,30-31H,8,11H2,1-6H3/b10-9+,13-7+. The van der Waals surface area contributed by atoms with Gasteiger partial charge in [-0.3, -0.25) is 14.4 Å². The number of esters is 1. The van der Waals surface area contributed by atoms with Crippen molar-refractivity contribution < 1.29 is 29.3 Å². The van der Waals surface area contributed by atoms with Gasteiger partial charge in [-0.05, 0) is 25.8 Å². The number of phenols is 2. The van der Waals surface area contributed by atoms with Crippen molar-refractivity contribution >= 4 is 29.6 Å². The van der Waals surface area contributed by atoms with Crippen molar-refractivity contribution in [3.63, 3.8) is 0 Å². The number of rotatable bonds is 6. The second kappa shape index (κ2) is 9.90. The van der Waals surface area contributed by atoms with Crippen LogP contribution in [0.2, 0.25) is 5.02 Å². The number of ketones is 1. The lowest BCUT2D eigenvalue weighted by Gasteiger charge is -2.45. The molecule has 0 radical (unpaired) electrons. The molecule has 0 heterocycles. The third kappa shape index (κ3) is 4.90. The molecule has 4 unspecified atom stereocenters. The molecular weight excluding hydrogens is 432 g/mol. The number of carbonyl (C=O) groups is 3. The van der Waals surface area contributed by atoms with Crippen LogP contribution in [0, 0.1) is 24.2 Å². The van der Waals surface area contributed by atoms with Crippen LogP contribution in [-0.2, 0) is 20.7 Å². The van der Waals surface area contributed by atoms with E-state index in [1.807, 2.05) is 39.8 Å². The maximum absolute atomic E-state index is 12.6. The van der Waals surface area contributed by atoms with E-state index in [0.717, 1.165) is 5.57 Å². The number of halogens is 1. The Morgan fingerprint density at radius 1 is 1.25 bits per heavy atom. The number of benzene rings is 1. The summed E-state index contributed by atoms with van der Waals surface area (Å²) in [6, 6.07) is 0. The number of hydrogen-bond acceptors (Lipinski definition) is 6. The fourth-order valence-electron chi connectivity index (χ4n) is 4.21. The number of phenolic OH excluding ortho intramolecular Hbond substituents is 2. The summed E-state index contributed by atoms with van der Waals surface area (Å²) >= 11 is 6.11. The van der Waals surface area contributed by atoms with E-state index in [1.165, 1.54) is 6.92 Å². The van der Waals surface area contributed by atoms with Gasteiger partial charge in [0.2, 0.25) is 0 Å². The minimum absolute atomic E-state index is 0.0360. The van der Waals surface area contributed by atoms with Gasteiger partial charge in [0.05, 0.1) is 10.6 Å². The van der Waals surface area contributed by atoms with E-state index in [4.69, 9.17) is 16.3 Å². The van der Waals surface area contributed by atoms with Gasteiger partial charge in [-0.2, -0.15) is 0 Å². The quantitative estimate of drug-likeness (QED) is 0.346. The summed E-state index contributed by atoms with van der Waals surface area (Å²) in [7, 11) is 0. The summed E-state index contributed by atoms with van der Waals surface area (Å²) < 4.78 is 5.39. The Bertz CT molecular complexity index is 993. The van der Waals surface area contributed by atoms with Crippen molar-refractivity contribution in [3.8, 4) is 11.5 Å². The van der Waals surface area contributed by atoms with E-state index in [9.17, 15) is 24.6 Å². The molecule has 0 aromatic heterocycles. The summed E-state index contributed by atoms with van der Waals surface area (Å²) in [5.74, 6) is -1.21. The van der Waals surface area contributed by atoms with Crippen LogP contribution >= 0.6 is 11.6 Å². The van der Waals surface area contributed by atoms with E-state index in [0.29, 0.717) is 11.8 Å². The fourth-order valence-corrected chi connectivity index (χ4v) is 4.42. The maximum Gasteiger partial charge on any atom is 0.302 e. The SMILES string of the molecule is CC(=O)OC1CC(=O)C(C)C(C)(/C=C/C(C)=C/Cc2c(O)c(Cl)c(C)c(C=O)c2O)C1C. The highest BCUT2D eigenvalue weighted by molar-refractivity contribution is 6.33. The normalized spacial score (nSPS) is 26.4. The molecule has 1 aliphatic carbocycles. The highest BCUT2D eigenvalue weighted by Gasteiger charge is 2.48. The third-order valence-corrected chi connectivity index (χ3v) is 7.36. The number of allylic oxidation sites excluding steroid dienone is 4. The molecule has 174 valence electrons. The fraction of sp³-hybridized carbons (Fsp3) is 0.480. The number of ether oxygens (including phenoxy) is 1. The molecule has 0 amide bonds. The van der Waals surface area contributed by atoms with E-state index < -0.39 is 17.5 Å². The Morgan fingerprint density at radius 2 is 1.88 bits per heavy atom. The molecule has 0 aliphatic heterocycles. The average molecular weight is 463 g/mol. The van der Waals surface area contributed by atoms with Crippen LogP contribution in [0.1, 0.15) is 62.5 Å². The molecular formula is C25H31ClO6. The number of carbonyl (C=O) groups excluding carboxylic acids is 3. The van der Waals surface area contributed by atoms with Gasteiger partial charge >= 0.3 is 5.97 Å². The summed E-state index contributed by atoms with van der Waals surface area (Å²) in [6.07, 6.45) is 6.04. The summed E-state index contributed by atoms with van der Waals surface area (Å²) in [6.45, 7) is 10.6. The number of aromatic hydroxyl groups is 2. The van der Waals surface area contributed by atoms with Gasteiger partial charge in [0.1, 0.15) is 23.4 Å². The van der Waals surface area contributed by atoms with Crippen molar-refractivity contribution in [3.05, 3.63) is 45.5 Å². The zero-order valence-electron chi connectivity index (χ0n) is 19.4. The van der Waals surface area contributed by atoms with Crippen LogP contribution in [0.25, 0.3) is 0 Å². The van der Waals surface area contributed by atoms with Gasteiger partial charge in [-0.1, -0.05) is 56.2 Å². The van der Waals surface area contributed by atoms with Crippen LogP contribution in [0.4, 0.5) is 0 Å². The molecule has 7 heteroatoms. The lowest BCUT2D eigenvalue weighted by Crippen LogP contribution is -2.48. The van der Waals surface area contributed by atoms with Gasteiger partial charge in [0.25, 0.3) is 0 Å². The molecule has 6 nitrogen and oxygen atoms in total. The predicted molar refractivity (Wildman–Crippen MR) is 123 cm³/mol. The lowest BCUT2D eigenvalue weighted by atomic mass is 9.60. The second-order valence-electron chi connectivity index (χ2n) is 8.83. The Kier molecular flexibility index (Phi) is 7.94. The molecule has 2 rings (SSSR count). The van der Waals surface area contributed by atoms with Crippen molar-refractivity contribution in [2.45, 2.75) is 60.5 Å². The maximum atomic E-state index is 12.6. The number of aldehydes is 1. The number of hydrogen-bond donors (Lipinski definition) is 2. The van der Waals surface area contributed by atoms with Crippen molar-refractivity contribution in [1.29, 1.82) is 0 Å². The van der Waals surface area contributed by atoms with Crippen LogP contribution < -0.4 is 0 Å². The molecule has 1 fully saturated rings. The first-order chi connectivity index (χ1) is 14.8. The van der Waals surface area contributed by atoms with Gasteiger partial charge in [-0.15, -0.1) is 0 Å². The zero-order chi connectivity index (χ0) is 24.4. The van der Waals surface area contributed by atoms with Crippen LogP contribution in [0.5, 0.6) is 11.5 Å². The van der Waals surface area contributed by atoms with Crippen LogP contribution in [0.3, 0.4) is 0 Å². The Labute approximate surface area is 193 Å². The highest BCUT2D eigenvalue weighted by Crippen LogP contribution is 2.46. The van der Waals surface area contributed by atoms with Gasteiger partial charge in [-0.25, -0.2) is 0 Å². The van der Waals surface area contributed by atoms with Gasteiger partial charge in [0, 0.05) is 36.2 Å². The van der Waals surface area contributed by atoms with Gasteiger partial charge in [0.15, 0.2) is 6.29 Å². The lowest BCUT2D eigenvalue weighted by molar-refractivity contribution is -0.159. The minimum atomic E-state index is -0.521. The van der Waals surface area contributed by atoms with Crippen molar-refractivity contribution in [1.82, 2.24) is 0 Å². The monoisotopic (exact) mass is 462 g/mol. The molecule has 1 saturated carbocycles. The van der Waals surface area contributed by atoms with Crippen molar-refractivity contribution in [2.24, 2.45) is 17.3 Å². The van der Waals surface area contributed by atoms with Crippen LogP contribution in [-0.4, -0.2) is 34.4 Å². The molecule has 1 aliphatic rings. The first kappa shape index (κ1) is 25.7. The van der Waals surface area contributed by atoms with E-state index in [2.05, 4.69) is 0 Å². The molecule has 2 N–H and O–H groups in total. The van der Waals surface area contributed by atoms with E-state index in [-0.39, 0.29) is 58.1 Å². The van der Waals surface area contributed by atoms with Gasteiger partial charge < -0.3 is 14.9 Å². The number of Topliss-reactive ketones (excluding diaryl/α,β-unsaturated/α-hetero) is 1. The van der Waals surface area contributed by atoms with Crippen molar-refractivity contribution in [2.75, 3.05) is 0 Å². The Morgan fingerprint density at radius 3 is 2.44 bits per heavy atom. The zero-order valence-corrected chi connectivity index (χ0v) is 20.1. The first-order valence-corrected chi connectivity index (χ1v) is 11.0.